The molecule has 0 amide bonds. The van der Waals surface area contributed by atoms with Crippen LogP contribution in [0.3, 0.4) is 0 Å². The van der Waals surface area contributed by atoms with E-state index < -0.39 is 0 Å². The largest absolute Gasteiger partial charge is 0.361 e. The summed E-state index contributed by atoms with van der Waals surface area (Å²) in [6.45, 7) is 10.8. The van der Waals surface area contributed by atoms with Crippen molar-refractivity contribution in [1.82, 2.24) is 15.8 Å². The Bertz CT molecular complexity index is 620. The van der Waals surface area contributed by atoms with E-state index in [0.29, 0.717) is 5.92 Å². The Kier molecular flexibility index (Phi) is 10.1. The van der Waals surface area contributed by atoms with Crippen LogP contribution in [0.15, 0.2) is 27.0 Å². The van der Waals surface area contributed by atoms with Gasteiger partial charge in [-0.2, -0.15) is 0 Å². The number of aromatic nitrogens is 1. The summed E-state index contributed by atoms with van der Waals surface area (Å²) < 4.78 is 5.21. The number of thiophene rings is 1. The second kappa shape index (κ2) is 11.5. The lowest BCUT2D eigenvalue weighted by Crippen LogP contribution is -2.38. The predicted molar refractivity (Wildman–Crippen MR) is 116 cm³/mol. The van der Waals surface area contributed by atoms with Crippen LogP contribution in [0.2, 0.25) is 0 Å². The standard InChI is InChI=1S/C18H28N4OS.HI/c1-5-19-18(21-12-13(2)17-9-7-11-24-17)20-10-6-8-16-14(3)22-23-15(16)4;/h7,9,11,13H,5-6,8,10,12H2,1-4H3,(H2,19,20,21);1H. The maximum atomic E-state index is 5.21. The Hall–Kier alpha value is -1.09. The number of hydrogen-bond donors (Lipinski definition) is 2. The Morgan fingerprint density at radius 2 is 2.16 bits per heavy atom. The molecule has 0 radical (unpaired) electrons. The molecule has 25 heavy (non-hydrogen) atoms. The average molecular weight is 476 g/mol. The summed E-state index contributed by atoms with van der Waals surface area (Å²) >= 11 is 1.79. The normalized spacial score (nSPS) is 12.6. The predicted octanol–water partition coefficient (Wildman–Crippen LogP) is 4.26. The average Bonchev–Trinajstić information content (AvgIpc) is 3.20. The molecule has 0 bridgehead atoms. The second-order valence-electron chi connectivity index (χ2n) is 5.97. The van der Waals surface area contributed by atoms with Gasteiger partial charge in [-0.25, -0.2) is 0 Å². The molecule has 0 saturated heterocycles. The summed E-state index contributed by atoms with van der Waals surface area (Å²) in [5.41, 5.74) is 2.22. The molecule has 0 spiro atoms. The maximum Gasteiger partial charge on any atom is 0.191 e. The van der Waals surface area contributed by atoms with Gasteiger partial charge in [-0.3, -0.25) is 4.99 Å². The van der Waals surface area contributed by atoms with E-state index in [-0.39, 0.29) is 24.0 Å². The smallest absolute Gasteiger partial charge is 0.191 e. The van der Waals surface area contributed by atoms with Gasteiger partial charge in [0.25, 0.3) is 0 Å². The van der Waals surface area contributed by atoms with Crippen LogP contribution in [0, 0.1) is 13.8 Å². The highest BCUT2D eigenvalue weighted by Crippen LogP contribution is 2.20. The topological polar surface area (TPSA) is 62.5 Å². The summed E-state index contributed by atoms with van der Waals surface area (Å²) in [6.07, 6.45) is 1.99. The lowest BCUT2D eigenvalue weighted by molar-refractivity contribution is 0.392. The minimum atomic E-state index is 0. The molecular formula is C18H29IN4OS. The van der Waals surface area contributed by atoms with Crippen LogP contribution in [0.4, 0.5) is 0 Å². The third-order valence-electron chi connectivity index (χ3n) is 3.97. The van der Waals surface area contributed by atoms with Gasteiger partial charge in [-0.1, -0.05) is 18.1 Å². The van der Waals surface area contributed by atoms with Gasteiger partial charge in [0.15, 0.2) is 5.96 Å². The van der Waals surface area contributed by atoms with Crippen LogP contribution in [0.5, 0.6) is 0 Å². The number of hydrogen-bond acceptors (Lipinski definition) is 4. The van der Waals surface area contributed by atoms with Crippen LogP contribution in [0.25, 0.3) is 0 Å². The van der Waals surface area contributed by atoms with Crippen LogP contribution in [-0.4, -0.2) is 30.8 Å². The first kappa shape index (κ1) is 22.0. The number of aryl methyl sites for hydroxylation is 2. The van der Waals surface area contributed by atoms with Crippen molar-refractivity contribution >= 4 is 41.3 Å². The van der Waals surface area contributed by atoms with E-state index in [1.54, 1.807) is 11.3 Å². The third kappa shape index (κ3) is 6.97. The first-order chi connectivity index (χ1) is 11.6. The van der Waals surface area contributed by atoms with Crippen LogP contribution < -0.4 is 10.6 Å². The van der Waals surface area contributed by atoms with Gasteiger partial charge >= 0.3 is 0 Å². The Morgan fingerprint density at radius 3 is 2.76 bits per heavy atom. The first-order valence-electron chi connectivity index (χ1n) is 8.59. The SMILES string of the molecule is CCNC(=NCC(C)c1cccs1)NCCCc1c(C)noc1C.I. The van der Waals surface area contributed by atoms with E-state index in [4.69, 9.17) is 9.52 Å². The van der Waals surface area contributed by atoms with E-state index in [2.05, 4.69) is 47.2 Å². The summed E-state index contributed by atoms with van der Waals surface area (Å²) in [4.78, 5) is 6.09. The second-order valence-corrected chi connectivity index (χ2v) is 6.95. The molecule has 2 aromatic rings. The molecule has 0 aromatic carbocycles. The molecule has 0 fully saturated rings. The van der Waals surface area contributed by atoms with Crippen molar-refractivity contribution in [3.05, 3.63) is 39.4 Å². The van der Waals surface area contributed by atoms with Crippen molar-refractivity contribution in [3.63, 3.8) is 0 Å². The van der Waals surface area contributed by atoms with E-state index in [1.165, 1.54) is 10.4 Å². The molecule has 0 aliphatic rings. The lowest BCUT2D eigenvalue weighted by atomic mass is 10.1. The third-order valence-corrected chi connectivity index (χ3v) is 5.08. The van der Waals surface area contributed by atoms with Crippen LogP contribution >= 0.6 is 35.3 Å². The van der Waals surface area contributed by atoms with Crippen LogP contribution in [-0.2, 0) is 6.42 Å². The lowest BCUT2D eigenvalue weighted by Gasteiger charge is -2.13. The minimum absolute atomic E-state index is 0. The molecule has 5 nitrogen and oxygen atoms in total. The monoisotopic (exact) mass is 476 g/mol. The number of guanidine groups is 1. The van der Waals surface area contributed by atoms with E-state index in [1.807, 2.05) is 13.8 Å². The molecule has 1 unspecified atom stereocenters. The summed E-state index contributed by atoms with van der Waals surface area (Å²) in [6, 6.07) is 4.27. The fourth-order valence-corrected chi connectivity index (χ4v) is 3.34. The number of nitrogens with one attached hydrogen (secondary N) is 2. The zero-order valence-corrected chi connectivity index (χ0v) is 18.6. The van der Waals surface area contributed by atoms with Gasteiger partial charge in [-0.05, 0) is 45.1 Å². The number of aliphatic imine (C=N–C) groups is 1. The van der Waals surface area contributed by atoms with Gasteiger partial charge in [0.1, 0.15) is 5.76 Å². The molecule has 0 aliphatic heterocycles. The fourth-order valence-electron chi connectivity index (χ4n) is 2.56. The highest BCUT2D eigenvalue weighted by Gasteiger charge is 2.09. The Balaban J connectivity index is 0.00000312. The quantitative estimate of drug-likeness (QED) is 0.259. The Morgan fingerprint density at radius 1 is 1.36 bits per heavy atom. The molecule has 0 saturated carbocycles. The van der Waals surface area contributed by atoms with Crippen molar-refractivity contribution in [2.24, 2.45) is 4.99 Å². The van der Waals surface area contributed by atoms with E-state index in [9.17, 15) is 0 Å². The number of nitrogens with zero attached hydrogens (tertiary/aromatic N) is 2. The zero-order chi connectivity index (χ0) is 17.4. The molecule has 0 aliphatic carbocycles. The summed E-state index contributed by atoms with van der Waals surface area (Å²) in [5, 5.41) is 12.8. The number of rotatable bonds is 8. The first-order valence-corrected chi connectivity index (χ1v) is 9.47. The molecule has 7 heteroatoms. The summed E-state index contributed by atoms with van der Waals surface area (Å²) in [5.74, 6) is 2.26. The van der Waals surface area contributed by atoms with Crippen molar-refractivity contribution in [3.8, 4) is 0 Å². The van der Waals surface area contributed by atoms with Crippen molar-refractivity contribution in [1.29, 1.82) is 0 Å². The zero-order valence-electron chi connectivity index (χ0n) is 15.5. The molecule has 2 N–H and O–H groups in total. The van der Waals surface area contributed by atoms with E-state index in [0.717, 1.165) is 49.9 Å². The van der Waals surface area contributed by atoms with Gasteiger partial charge in [0.2, 0.25) is 0 Å². The molecule has 2 rings (SSSR count). The molecule has 140 valence electrons. The van der Waals surface area contributed by atoms with Gasteiger partial charge in [0.05, 0.1) is 12.2 Å². The van der Waals surface area contributed by atoms with Crippen molar-refractivity contribution in [2.75, 3.05) is 19.6 Å². The summed E-state index contributed by atoms with van der Waals surface area (Å²) in [7, 11) is 0. The maximum absolute atomic E-state index is 5.21. The molecule has 1 atom stereocenters. The van der Waals surface area contributed by atoms with Gasteiger partial charge < -0.3 is 15.2 Å². The highest BCUT2D eigenvalue weighted by molar-refractivity contribution is 14.0. The highest BCUT2D eigenvalue weighted by atomic mass is 127. The van der Waals surface area contributed by atoms with Gasteiger partial charge in [0, 0.05) is 29.4 Å². The van der Waals surface area contributed by atoms with Crippen molar-refractivity contribution < 1.29 is 4.52 Å². The fraction of sp³-hybridized carbons (Fsp3) is 0.556. The van der Waals surface area contributed by atoms with Crippen molar-refractivity contribution in [2.45, 2.75) is 46.5 Å². The minimum Gasteiger partial charge on any atom is -0.361 e. The number of halogens is 1. The molecule has 2 heterocycles. The molecule has 2 aromatic heterocycles. The van der Waals surface area contributed by atoms with Crippen LogP contribution in [0.1, 0.15) is 48.1 Å². The van der Waals surface area contributed by atoms with Gasteiger partial charge in [-0.15, -0.1) is 35.3 Å². The Labute approximate surface area is 171 Å². The van der Waals surface area contributed by atoms with E-state index >= 15 is 0 Å². The molecular weight excluding hydrogens is 447 g/mol.